The molecule has 8 nitrogen and oxygen atoms in total. The van der Waals surface area contributed by atoms with Crippen molar-refractivity contribution in [2.24, 2.45) is 0 Å². The molecule has 0 N–H and O–H groups in total. The van der Waals surface area contributed by atoms with E-state index in [1.165, 1.54) is 23.5 Å². The molecular weight excluding hydrogens is 452 g/mol. The molecule has 0 atom stereocenters. The average Bonchev–Trinajstić information content (AvgIpc) is 3.51. The van der Waals surface area contributed by atoms with Gasteiger partial charge in [0.1, 0.15) is 6.61 Å². The largest absolute Gasteiger partial charge is 0.457 e. The summed E-state index contributed by atoms with van der Waals surface area (Å²) in [6.45, 7) is 1.82. The summed E-state index contributed by atoms with van der Waals surface area (Å²) < 4.78 is 7.33. The topological polar surface area (TPSA) is 100 Å². The molecule has 0 radical (unpaired) electrons. The molecule has 0 aliphatic rings. The minimum atomic E-state index is -0.515. The van der Waals surface area contributed by atoms with Crippen LogP contribution in [0, 0.1) is 17.0 Å². The smallest absolute Gasteiger partial charge is 0.339 e. The Labute approximate surface area is 198 Å². The van der Waals surface area contributed by atoms with Crippen molar-refractivity contribution >= 4 is 34.0 Å². The second kappa shape index (κ2) is 8.87. The maximum absolute atomic E-state index is 13.2. The molecule has 0 spiro atoms. The molecule has 5 aromatic rings. The number of aromatic nitrogens is 3. The van der Waals surface area contributed by atoms with E-state index in [1.807, 2.05) is 54.8 Å². The second-order valence-corrected chi connectivity index (χ2v) is 8.51. The molecule has 3 aromatic heterocycles. The predicted molar refractivity (Wildman–Crippen MR) is 129 cm³/mol. The van der Waals surface area contributed by atoms with Crippen molar-refractivity contribution in [2.45, 2.75) is 13.5 Å². The van der Waals surface area contributed by atoms with E-state index in [1.54, 1.807) is 22.9 Å². The van der Waals surface area contributed by atoms with Gasteiger partial charge in [0, 0.05) is 12.1 Å². The normalized spacial score (nSPS) is 11.0. The average molecular weight is 471 g/mol. The number of para-hydroxylation sites is 1. The first-order valence-electron chi connectivity index (χ1n) is 10.4. The summed E-state index contributed by atoms with van der Waals surface area (Å²) in [6, 6.07) is 21.1. The standard InChI is InChI=1S/C25H18N4O4S/c1-16-23-20(25(30)33-15-17-9-11-19(12-10-17)29(31)32)14-21(22-8-5-13-34-22)26-24(23)28(27-16)18-6-3-2-4-7-18/h2-14H,15H2,1H3. The zero-order valence-electron chi connectivity index (χ0n) is 18.0. The third-order valence-electron chi connectivity index (χ3n) is 5.32. The van der Waals surface area contributed by atoms with Gasteiger partial charge in [0.25, 0.3) is 5.69 Å². The highest BCUT2D eigenvalue weighted by Gasteiger charge is 2.22. The van der Waals surface area contributed by atoms with Gasteiger partial charge in [0.15, 0.2) is 5.65 Å². The summed E-state index contributed by atoms with van der Waals surface area (Å²) >= 11 is 1.53. The third-order valence-corrected chi connectivity index (χ3v) is 6.22. The Morgan fingerprint density at radius 3 is 2.53 bits per heavy atom. The van der Waals surface area contributed by atoms with E-state index in [0.29, 0.717) is 33.5 Å². The quantitative estimate of drug-likeness (QED) is 0.179. The number of ether oxygens (including phenoxy) is 1. The highest BCUT2D eigenvalue weighted by molar-refractivity contribution is 7.13. The fourth-order valence-corrected chi connectivity index (χ4v) is 4.38. The number of aryl methyl sites for hydroxylation is 1. The number of hydrogen-bond acceptors (Lipinski definition) is 7. The Morgan fingerprint density at radius 1 is 1.09 bits per heavy atom. The maximum Gasteiger partial charge on any atom is 0.339 e. The molecule has 0 saturated heterocycles. The van der Waals surface area contributed by atoms with Gasteiger partial charge in [-0.3, -0.25) is 10.1 Å². The summed E-state index contributed by atoms with van der Waals surface area (Å²) in [4.78, 5) is 29.4. The zero-order chi connectivity index (χ0) is 23.7. The monoisotopic (exact) mass is 470 g/mol. The molecule has 0 aliphatic heterocycles. The first-order valence-corrected chi connectivity index (χ1v) is 11.3. The number of non-ortho nitro benzene ring substituents is 1. The van der Waals surface area contributed by atoms with E-state index in [2.05, 4.69) is 5.10 Å². The van der Waals surface area contributed by atoms with Crippen molar-refractivity contribution in [3.05, 3.63) is 105 Å². The lowest BCUT2D eigenvalue weighted by Crippen LogP contribution is -2.08. The van der Waals surface area contributed by atoms with Crippen LogP contribution in [0.3, 0.4) is 0 Å². The number of nitro groups is 1. The Balaban J connectivity index is 1.56. The molecule has 34 heavy (non-hydrogen) atoms. The van der Waals surface area contributed by atoms with Crippen LogP contribution >= 0.6 is 11.3 Å². The molecule has 5 rings (SSSR count). The fourth-order valence-electron chi connectivity index (χ4n) is 3.69. The van der Waals surface area contributed by atoms with Crippen LogP contribution in [0.4, 0.5) is 5.69 Å². The van der Waals surface area contributed by atoms with Crippen LogP contribution in [0.25, 0.3) is 27.3 Å². The SMILES string of the molecule is Cc1nn(-c2ccccc2)c2nc(-c3cccs3)cc(C(=O)OCc3ccc([N+](=O)[O-])cc3)c12. The van der Waals surface area contributed by atoms with Crippen molar-refractivity contribution in [2.75, 3.05) is 0 Å². The van der Waals surface area contributed by atoms with Gasteiger partial charge >= 0.3 is 5.97 Å². The van der Waals surface area contributed by atoms with Crippen molar-refractivity contribution < 1.29 is 14.5 Å². The lowest BCUT2D eigenvalue weighted by molar-refractivity contribution is -0.384. The predicted octanol–water partition coefficient (Wildman–Crippen LogP) is 5.72. The number of carbonyl (C=O) groups is 1. The van der Waals surface area contributed by atoms with Crippen molar-refractivity contribution in [3.8, 4) is 16.3 Å². The van der Waals surface area contributed by atoms with E-state index >= 15 is 0 Å². The zero-order valence-corrected chi connectivity index (χ0v) is 18.9. The Bertz CT molecular complexity index is 1490. The molecule has 2 aromatic carbocycles. The molecule has 9 heteroatoms. The minimum Gasteiger partial charge on any atom is -0.457 e. The highest BCUT2D eigenvalue weighted by Crippen LogP contribution is 2.31. The van der Waals surface area contributed by atoms with Crippen molar-refractivity contribution in [1.82, 2.24) is 14.8 Å². The molecule has 3 heterocycles. The van der Waals surface area contributed by atoms with Gasteiger partial charge < -0.3 is 4.74 Å². The summed E-state index contributed by atoms with van der Waals surface area (Å²) in [5.41, 5.74) is 3.72. The van der Waals surface area contributed by atoms with Crippen molar-refractivity contribution in [1.29, 1.82) is 0 Å². The van der Waals surface area contributed by atoms with Crippen LogP contribution in [-0.2, 0) is 11.3 Å². The third kappa shape index (κ3) is 4.04. The van der Waals surface area contributed by atoms with Gasteiger partial charge in [-0.15, -0.1) is 11.3 Å². The molecule has 0 fully saturated rings. The van der Waals surface area contributed by atoms with Crippen LogP contribution in [0.5, 0.6) is 0 Å². The molecule has 0 aliphatic carbocycles. The Morgan fingerprint density at radius 2 is 1.85 bits per heavy atom. The summed E-state index contributed by atoms with van der Waals surface area (Å²) in [6.07, 6.45) is 0. The molecule has 0 amide bonds. The summed E-state index contributed by atoms with van der Waals surface area (Å²) in [5.74, 6) is -0.515. The maximum atomic E-state index is 13.2. The number of carbonyl (C=O) groups excluding carboxylic acids is 1. The van der Waals surface area contributed by atoms with Crippen LogP contribution in [0.15, 0.2) is 78.2 Å². The molecule has 0 unspecified atom stereocenters. The second-order valence-electron chi connectivity index (χ2n) is 7.56. The molecule has 0 bridgehead atoms. The van der Waals surface area contributed by atoms with Crippen LogP contribution in [0.1, 0.15) is 21.6 Å². The van der Waals surface area contributed by atoms with Gasteiger partial charge in [-0.1, -0.05) is 24.3 Å². The Hall–Kier alpha value is -4.37. The minimum absolute atomic E-state index is 0.0130. The number of thiophene rings is 1. The van der Waals surface area contributed by atoms with Crippen molar-refractivity contribution in [3.63, 3.8) is 0 Å². The van der Waals surface area contributed by atoms with E-state index in [4.69, 9.17) is 9.72 Å². The van der Waals surface area contributed by atoms with Gasteiger partial charge in [0.05, 0.1) is 37.8 Å². The fraction of sp³-hybridized carbons (Fsp3) is 0.0800. The van der Waals surface area contributed by atoms with Gasteiger partial charge in [-0.05, 0) is 54.3 Å². The van der Waals surface area contributed by atoms with Crippen LogP contribution in [-0.4, -0.2) is 25.7 Å². The van der Waals surface area contributed by atoms with Crippen LogP contribution < -0.4 is 0 Å². The Kier molecular flexibility index (Phi) is 5.60. The number of benzene rings is 2. The number of pyridine rings is 1. The summed E-state index contributed by atoms with van der Waals surface area (Å²) in [7, 11) is 0. The highest BCUT2D eigenvalue weighted by atomic mass is 32.1. The lowest BCUT2D eigenvalue weighted by Gasteiger charge is -2.09. The number of nitrogens with zero attached hydrogens (tertiary/aromatic N) is 4. The first kappa shape index (κ1) is 21.5. The number of nitro benzene ring substituents is 1. The molecule has 168 valence electrons. The lowest BCUT2D eigenvalue weighted by atomic mass is 10.1. The number of hydrogen-bond donors (Lipinski definition) is 0. The number of fused-ring (bicyclic) bond motifs is 1. The van der Waals surface area contributed by atoms with Crippen LogP contribution in [0.2, 0.25) is 0 Å². The van der Waals surface area contributed by atoms with E-state index in [9.17, 15) is 14.9 Å². The first-order chi connectivity index (χ1) is 16.5. The van der Waals surface area contributed by atoms with Gasteiger partial charge in [-0.25, -0.2) is 14.5 Å². The van der Waals surface area contributed by atoms with Gasteiger partial charge in [-0.2, -0.15) is 5.10 Å². The molecular formula is C25H18N4O4S. The van der Waals surface area contributed by atoms with E-state index in [-0.39, 0.29) is 12.3 Å². The number of esters is 1. The van der Waals surface area contributed by atoms with E-state index < -0.39 is 10.9 Å². The van der Waals surface area contributed by atoms with E-state index in [0.717, 1.165) is 10.6 Å². The molecule has 0 saturated carbocycles. The number of rotatable bonds is 6. The summed E-state index contributed by atoms with van der Waals surface area (Å²) in [5, 5.41) is 18.1. The van der Waals surface area contributed by atoms with Gasteiger partial charge in [0.2, 0.25) is 0 Å².